The average Bonchev–Trinajstić information content (AvgIpc) is 3.06. The Balaban J connectivity index is 0.00000261. The Bertz CT molecular complexity index is 620. The number of halogens is 1. The minimum absolute atomic E-state index is 0. The fourth-order valence-corrected chi connectivity index (χ4v) is 4.03. The minimum atomic E-state index is 0. The van der Waals surface area contributed by atoms with E-state index in [0.717, 1.165) is 24.1 Å². The topological polar surface area (TPSA) is 79.5 Å². The summed E-state index contributed by atoms with van der Waals surface area (Å²) in [6.45, 7) is 0.526. The number of carbonyl (C=O) groups excluding carboxylic acids is 1. The molecule has 0 aliphatic heterocycles. The van der Waals surface area contributed by atoms with Gasteiger partial charge in [-0.15, -0.1) is 24.0 Å². The molecule has 2 aliphatic carbocycles. The van der Waals surface area contributed by atoms with Crippen LogP contribution in [0.3, 0.4) is 0 Å². The standard InChI is InChI=1S/C21H32N4O.HI/c22-21(25-18-11-3-1-2-4-12-18)23-15-16-8-7-13-19(14-16)24-20(26)17-9-5-6-10-17;/h7-8,13-14,17-18H,1-6,9-12,15H2,(H,24,26)(H3,22,23,25);1H. The number of hydrogen-bond acceptors (Lipinski definition) is 2. The van der Waals surface area contributed by atoms with Crippen LogP contribution in [0.2, 0.25) is 0 Å². The predicted octanol–water partition coefficient (Wildman–Crippen LogP) is 4.56. The molecule has 3 rings (SSSR count). The van der Waals surface area contributed by atoms with Crippen molar-refractivity contribution < 1.29 is 4.79 Å². The first kappa shape index (κ1) is 22.0. The highest BCUT2D eigenvalue weighted by molar-refractivity contribution is 14.0. The molecule has 0 radical (unpaired) electrons. The molecule has 0 atom stereocenters. The Morgan fingerprint density at radius 3 is 2.41 bits per heavy atom. The minimum Gasteiger partial charge on any atom is -0.370 e. The lowest BCUT2D eigenvalue weighted by Gasteiger charge is -2.16. The molecule has 0 bridgehead atoms. The van der Waals surface area contributed by atoms with Gasteiger partial charge in [0.2, 0.25) is 5.91 Å². The van der Waals surface area contributed by atoms with Crippen LogP contribution in [0.5, 0.6) is 0 Å². The molecule has 2 saturated carbocycles. The van der Waals surface area contributed by atoms with Gasteiger partial charge in [-0.25, -0.2) is 4.99 Å². The van der Waals surface area contributed by atoms with Gasteiger partial charge >= 0.3 is 0 Å². The van der Waals surface area contributed by atoms with E-state index in [4.69, 9.17) is 5.73 Å². The largest absolute Gasteiger partial charge is 0.370 e. The molecule has 5 nitrogen and oxygen atoms in total. The van der Waals surface area contributed by atoms with E-state index in [0.29, 0.717) is 18.5 Å². The van der Waals surface area contributed by atoms with Gasteiger partial charge in [0.15, 0.2) is 5.96 Å². The number of amides is 1. The van der Waals surface area contributed by atoms with Crippen molar-refractivity contribution in [1.29, 1.82) is 0 Å². The molecule has 0 aromatic heterocycles. The number of guanidine groups is 1. The lowest BCUT2D eigenvalue weighted by molar-refractivity contribution is -0.119. The Hall–Kier alpha value is -1.31. The van der Waals surface area contributed by atoms with Crippen LogP contribution in [0.15, 0.2) is 29.3 Å². The molecule has 1 aromatic carbocycles. The number of aliphatic imine (C=N–C) groups is 1. The van der Waals surface area contributed by atoms with Crippen LogP contribution in [0.1, 0.15) is 69.8 Å². The zero-order valence-electron chi connectivity index (χ0n) is 16.1. The van der Waals surface area contributed by atoms with Gasteiger partial charge in [0.25, 0.3) is 0 Å². The Morgan fingerprint density at radius 2 is 1.70 bits per heavy atom. The van der Waals surface area contributed by atoms with E-state index in [2.05, 4.69) is 15.6 Å². The maximum Gasteiger partial charge on any atom is 0.227 e. The van der Waals surface area contributed by atoms with E-state index < -0.39 is 0 Å². The molecular weight excluding hydrogens is 451 g/mol. The Kier molecular flexibility index (Phi) is 9.38. The summed E-state index contributed by atoms with van der Waals surface area (Å²) in [6.07, 6.45) is 11.9. The molecule has 6 heteroatoms. The van der Waals surface area contributed by atoms with Crippen LogP contribution in [-0.4, -0.2) is 17.9 Å². The SMILES string of the molecule is I.NC(=NCc1cccc(NC(=O)C2CCCC2)c1)NC1CCCCCC1. The highest BCUT2D eigenvalue weighted by Crippen LogP contribution is 2.26. The van der Waals surface area contributed by atoms with Gasteiger partial charge in [0.1, 0.15) is 0 Å². The zero-order valence-corrected chi connectivity index (χ0v) is 18.4. The summed E-state index contributed by atoms with van der Waals surface area (Å²) in [4.78, 5) is 16.8. The molecule has 27 heavy (non-hydrogen) atoms. The molecule has 4 N–H and O–H groups in total. The molecule has 0 saturated heterocycles. The van der Waals surface area contributed by atoms with Crippen molar-refractivity contribution in [1.82, 2.24) is 5.32 Å². The number of nitrogens with zero attached hydrogens (tertiary/aromatic N) is 1. The average molecular weight is 484 g/mol. The van der Waals surface area contributed by atoms with Crippen LogP contribution in [-0.2, 0) is 11.3 Å². The van der Waals surface area contributed by atoms with Gasteiger partial charge in [0.05, 0.1) is 6.54 Å². The summed E-state index contributed by atoms with van der Waals surface area (Å²) in [5, 5.41) is 6.42. The lowest BCUT2D eigenvalue weighted by atomic mass is 10.1. The summed E-state index contributed by atoms with van der Waals surface area (Å²) in [6, 6.07) is 8.37. The number of carbonyl (C=O) groups is 1. The van der Waals surface area contributed by atoms with Crippen LogP contribution >= 0.6 is 24.0 Å². The van der Waals surface area contributed by atoms with Crippen molar-refractivity contribution in [2.24, 2.45) is 16.6 Å². The first-order valence-electron chi connectivity index (χ1n) is 10.2. The third-order valence-electron chi connectivity index (χ3n) is 5.56. The van der Waals surface area contributed by atoms with Crippen LogP contribution in [0.4, 0.5) is 5.69 Å². The van der Waals surface area contributed by atoms with Gasteiger partial charge in [0, 0.05) is 17.6 Å². The Morgan fingerprint density at radius 1 is 1.04 bits per heavy atom. The molecule has 1 aromatic rings. The first-order valence-corrected chi connectivity index (χ1v) is 10.2. The zero-order chi connectivity index (χ0) is 18.2. The van der Waals surface area contributed by atoms with E-state index in [1.54, 1.807) is 0 Å². The van der Waals surface area contributed by atoms with Gasteiger partial charge in [-0.05, 0) is 43.4 Å². The lowest BCUT2D eigenvalue weighted by Crippen LogP contribution is -2.39. The van der Waals surface area contributed by atoms with Crippen LogP contribution in [0.25, 0.3) is 0 Å². The second-order valence-corrected chi connectivity index (χ2v) is 7.71. The van der Waals surface area contributed by atoms with E-state index in [9.17, 15) is 4.79 Å². The molecule has 0 heterocycles. The van der Waals surface area contributed by atoms with Crippen molar-refractivity contribution in [2.45, 2.75) is 76.8 Å². The molecule has 0 spiro atoms. The van der Waals surface area contributed by atoms with Gasteiger partial charge in [-0.2, -0.15) is 0 Å². The van der Waals surface area contributed by atoms with Gasteiger partial charge < -0.3 is 16.4 Å². The van der Waals surface area contributed by atoms with Crippen molar-refractivity contribution >= 4 is 41.5 Å². The van der Waals surface area contributed by atoms with Crippen molar-refractivity contribution in [3.05, 3.63) is 29.8 Å². The number of hydrogen-bond donors (Lipinski definition) is 3. The highest BCUT2D eigenvalue weighted by atomic mass is 127. The van der Waals surface area contributed by atoms with Crippen molar-refractivity contribution in [3.8, 4) is 0 Å². The predicted molar refractivity (Wildman–Crippen MR) is 122 cm³/mol. The number of nitrogens with one attached hydrogen (secondary N) is 2. The summed E-state index contributed by atoms with van der Waals surface area (Å²) >= 11 is 0. The summed E-state index contributed by atoms with van der Waals surface area (Å²) < 4.78 is 0. The molecular formula is C21H33IN4O. The first-order chi connectivity index (χ1) is 12.7. The monoisotopic (exact) mass is 484 g/mol. The smallest absolute Gasteiger partial charge is 0.227 e. The van der Waals surface area contributed by atoms with Gasteiger partial charge in [-0.3, -0.25) is 4.79 Å². The molecule has 2 aliphatic rings. The molecule has 2 fully saturated rings. The second-order valence-electron chi connectivity index (χ2n) is 7.71. The third-order valence-corrected chi connectivity index (χ3v) is 5.56. The maximum atomic E-state index is 12.3. The summed E-state index contributed by atoms with van der Waals surface area (Å²) in [5.74, 6) is 0.853. The molecule has 0 unspecified atom stereocenters. The number of benzene rings is 1. The van der Waals surface area contributed by atoms with E-state index in [-0.39, 0.29) is 35.8 Å². The Labute approximate surface area is 180 Å². The van der Waals surface area contributed by atoms with E-state index in [1.165, 1.54) is 51.4 Å². The quantitative estimate of drug-likeness (QED) is 0.248. The van der Waals surface area contributed by atoms with Gasteiger partial charge in [-0.1, -0.05) is 50.7 Å². The van der Waals surface area contributed by atoms with Crippen molar-refractivity contribution in [3.63, 3.8) is 0 Å². The maximum absolute atomic E-state index is 12.3. The number of anilines is 1. The second kappa shape index (κ2) is 11.5. The highest BCUT2D eigenvalue weighted by Gasteiger charge is 2.22. The summed E-state index contributed by atoms with van der Waals surface area (Å²) in [7, 11) is 0. The van der Waals surface area contributed by atoms with Crippen LogP contribution in [0, 0.1) is 5.92 Å². The van der Waals surface area contributed by atoms with E-state index >= 15 is 0 Å². The fourth-order valence-electron chi connectivity index (χ4n) is 4.03. The van der Waals surface area contributed by atoms with Crippen LogP contribution < -0.4 is 16.4 Å². The molecule has 150 valence electrons. The fraction of sp³-hybridized carbons (Fsp3) is 0.619. The number of nitrogens with two attached hydrogens (primary N) is 1. The summed E-state index contributed by atoms with van der Waals surface area (Å²) in [5.41, 5.74) is 7.98. The number of rotatable bonds is 5. The molecule has 1 amide bonds. The van der Waals surface area contributed by atoms with E-state index in [1.807, 2.05) is 24.3 Å². The van der Waals surface area contributed by atoms with Crippen molar-refractivity contribution in [2.75, 3.05) is 5.32 Å². The normalized spacial score (nSPS) is 19.2. The third kappa shape index (κ3) is 7.31.